The molecule has 1 aromatic heterocycles. The van der Waals surface area contributed by atoms with Crippen molar-refractivity contribution >= 4 is 16.8 Å². The van der Waals surface area contributed by atoms with Crippen LogP contribution in [0, 0.1) is 0 Å². The van der Waals surface area contributed by atoms with Gasteiger partial charge in [0.2, 0.25) is 0 Å². The molecule has 1 amide bonds. The van der Waals surface area contributed by atoms with E-state index in [-0.39, 0.29) is 18.1 Å². The van der Waals surface area contributed by atoms with Gasteiger partial charge in [-0.25, -0.2) is 0 Å². The van der Waals surface area contributed by atoms with Crippen LogP contribution < -0.4 is 10.1 Å². The quantitative estimate of drug-likeness (QED) is 0.641. The van der Waals surface area contributed by atoms with Crippen molar-refractivity contribution in [3.63, 3.8) is 0 Å². The predicted molar refractivity (Wildman–Crippen MR) is 88.7 cm³/mol. The number of alkyl halides is 2. The van der Waals surface area contributed by atoms with Crippen LogP contribution in [0.15, 0.2) is 54.6 Å². The van der Waals surface area contributed by atoms with Crippen LogP contribution in [-0.2, 0) is 0 Å². The number of benzene rings is 2. The van der Waals surface area contributed by atoms with Crippen molar-refractivity contribution in [2.45, 2.75) is 12.7 Å². The van der Waals surface area contributed by atoms with Gasteiger partial charge in [0.25, 0.3) is 5.91 Å². The maximum Gasteiger partial charge on any atom is 0.387 e. The molecule has 3 rings (SSSR count). The Morgan fingerprint density at radius 2 is 1.92 bits per heavy atom. The van der Waals surface area contributed by atoms with E-state index in [1.807, 2.05) is 6.07 Å². The van der Waals surface area contributed by atoms with Crippen LogP contribution in [0.25, 0.3) is 10.9 Å². The zero-order valence-electron chi connectivity index (χ0n) is 13.1. The van der Waals surface area contributed by atoms with E-state index < -0.39 is 18.6 Å². The molecule has 5 nitrogen and oxygen atoms in total. The zero-order valence-corrected chi connectivity index (χ0v) is 13.1. The highest BCUT2D eigenvalue weighted by molar-refractivity contribution is 5.99. The fourth-order valence-corrected chi connectivity index (χ4v) is 2.60. The van der Waals surface area contributed by atoms with E-state index in [0.717, 1.165) is 5.56 Å². The van der Waals surface area contributed by atoms with E-state index in [1.165, 1.54) is 12.1 Å². The molecule has 0 fully saturated rings. The number of halogens is 2. The van der Waals surface area contributed by atoms with Gasteiger partial charge >= 0.3 is 6.61 Å². The summed E-state index contributed by atoms with van der Waals surface area (Å²) in [5.74, 6) is -0.466. The molecule has 130 valence electrons. The molecule has 0 saturated heterocycles. The SMILES string of the molecule is O=C(N[C@@H](CO)c1ccccc1)c1cc2c(OC(F)F)cccc2[nH]1. The maximum atomic E-state index is 12.5. The Hall–Kier alpha value is -2.93. The zero-order chi connectivity index (χ0) is 17.8. The Balaban J connectivity index is 1.84. The van der Waals surface area contributed by atoms with Crippen LogP contribution in [0.3, 0.4) is 0 Å². The molecule has 0 aliphatic heterocycles. The highest BCUT2D eigenvalue weighted by atomic mass is 19.3. The lowest BCUT2D eigenvalue weighted by Crippen LogP contribution is -2.30. The van der Waals surface area contributed by atoms with E-state index in [2.05, 4.69) is 15.0 Å². The molecule has 0 bridgehead atoms. The Labute approximate surface area is 142 Å². The second-order valence-corrected chi connectivity index (χ2v) is 5.40. The van der Waals surface area contributed by atoms with Crippen molar-refractivity contribution < 1.29 is 23.4 Å². The summed E-state index contributed by atoms with van der Waals surface area (Å²) >= 11 is 0. The number of amides is 1. The molecule has 0 aliphatic carbocycles. The summed E-state index contributed by atoms with van der Waals surface area (Å²) in [6.45, 7) is -3.22. The summed E-state index contributed by atoms with van der Waals surface area (Å²) in [5.41, 5.74) is 1.45. The molecule has 1 heterocycles. The van der Waals surface area contributed by atoms with E-state index in [9.17, 15) is 18.7 Å². The van der Waals surface area contributed by atoms with Gasteiger partial charge in [-0.3, -0.25) is 4.79 Å². The number of rotatable bonds is 6. The fraction of sp³-hybridized carbons (Fsp3) is 0.167. The standard InChI is InChI=1S/C18H16F2N2O3/c19-18(20)25-16-8-4-7-13-12(16)9-14(21-13)17(24)22-15(10-23)11-5-2-1-3-6-11/h1-9,15,18,21,23H,10H2,(H,22,24)/t15-/m0/s1. The molecule has 0 saturated carbocycles. The number of aromatic nitrogens is 1. The molecule has 3 aromatic rings. The largest absolute Gasteiger partial charge is 0.434 e. The van der Waals surface area contributed by atoms with Gasteiger partial charge in [-0.05, 0) is 23.8 Å². The van der Waals surface area contributed by atoms with Gasteiger partial charge in [-0.2, -0.15) is 8.78 Å². The predicted octanol–water partition coefficient (Wildman–Crippen LogP) is 3.23. The van der Waals surface area contributed by atoms with Crippen molar-refractivity contribution in [1.82, 2.24) is 10.3 Å². The third-order valence-electron chi connectivity index (χ3n) is 3.77. The maximum absolute atomic E-state index is 12.5. The van der Waals surface area contributed by atoms with Gasteiger partial charge in [-0.1, -0.05) is 36.4 Å². The second kappa shape index (κ2) is 7.31. The van der Waals surface area contributed by atoms with Gasteiger partial charge in [0.15, 0.2) is 0 Å². The lowest BCUT2D eigenvalue weighted by molar-refractivity contribution is -0.0487. The number of hydrogen-bond donors (Lipinski definition) is 3. The summed E-state index contributed by atoms with van der Waals surface area (Å²) in [6.07, 6.45) is 0. The first kappa shape index (κ1) is 16.9. The van der Waals surface area contributed by atoms with Crippen LogP contribution in [0.5, 0.6) is 5.75 Å². The van der Waals surface area contributed by atoms with Crippen LogP contribution in [0.1, 0.15) is 22.1 Å². The minimum Gasteiger partial charge on any atom is -0.434 e. The number of H-pyrrole nitrogens is 1. The van der Waals surface area contributed by atoms with E-state index in [4.69, 9.17) is 0 Å². The number of aromatic amines is 1. The molecule has 0 radical (unpaired) electrons. The molecular formula is C18H16F2N2O3. The smallest absolute Gasteiger partial charge is 0.387 e. The van der Waals surface area contributed by atoms with E-state index in [0.29, 0.717) is 10.9 Å². The van der Waals surface area contributed by atoms with Crippen LogP contribution in [0.2, 0.25) is 0 Å². The summed E-state index contributed by atoms with van der Waals surface area (Å²) in [7, 11) is 0. The number of ether oxygens (including phenoxy) is 1. The van der Waals surface area contributed by atoms with Crippen LogP contribution >= 0.6 is 0 Å². The number of aliphatic hydroxyl groups is 1. The Morgan fingerprint density at radius 1 is 1.16 bits per heavy atom. The lowest BCUT2D eigenvalue weighted by Gasteiger charge is -2.16. The van der Waals surface area contributed by atoms with Crippen molar-refractivity contribution in [1.29, 1.82) is 0 Å². The highest BCUT2D eigenvalue weighted by Crippen LogP contribution is 2.28. The number of aliphatic hydroxyl groups excluding tert-OH is 1. The molecule has 25 heavy (non-hydrogen) atoms. The first-order chi connectivity index (χ1) is 12.1. The number of fused-ring (bicyclic) bond motifs is 1. The summed E-state index contributed by atoms with van der Waals surface area (Å²) < 4.78 is 29.4. The molecule has 0 aliphatic rings. The van der Waals surface area contributed by atoms with E-state index >= 15 is 0 Å². The molecule has 0 spiro atoms. The normalized spacial score (nSPS) is 12.3. The van der Waals surface area contributed by atoms with Gasteiger partial charge in [-0.15, -0.1) is 0 Å². The average molecular weight is 346 g/mol. The van der Waals surface area contributed by atoms with E-state index in [1.54, 1.807) is 36.4 Å². The van der Waals surface area contributed by atoms with Gasteiger partial charge < -0.3 is 20.1 Å². The van der Waals surface area contributed by atoms with Gasteiger partial charge in [0, 0.05) is 10.9 Å². The monoisotopic (exact) mass is 346 g/mol. The number of hydrogen-bond acceptors (Lipinski definition) is 3. The molecule has 0 unspecified atom stereocenters. The molecule has 3 N–H and O–H groups in total. The number of carbonyl (C=O) groups is 1. The Morgan fingerprint density at radius 3 is 2.60 bits per heavy atom. The van der Waals surface area contributed by atoms with Crippen molar-refractivity contribution in [2.24, 2.45) is 0 Å². The minimum atomic E-state index is -2.95. The lowest BCUT2D eigenvalue weighted by atomic mass is 10.1. The third-order valence-corrected chi connectivity index (χ3v) is 3.77. The Kier molecular flexibility index (Phi) is 4.95. The van der Waals surface area contributed by atoms with Crippen molar-refractivity contribution in [3.05, 3.63) is 65.9 Å². The fourth-order valence-electron chi connectivity index (χ4n) is 2.60. The molecule has 7 heteroatoms. The second-order valence-electron chi connectivity index (χ2n) is 5.40. The average Bonchev–Trinajstić information content (AvgIpc) is 3.05. The molecule has 2 aromatic carbocycles. The summed E-state index contributed by atoms with van der Waals surface area (Å²) in [4.78, 5) is 15.3. The van der Waals surface area contributed by atoms with Crippen LogP contribution in [0.4, 0.5) is 8.78 Å². The topological polar surface area (TPSA) is 74.3 Å². The Bertz CT molecular complexity index is 865. The molecular weight excluding hydrogens is 330 g/mol. The van der Waals surface area contributed by atoms with Gasteiger partial charge in [0.05, 0.1) is 12.6 Å². The first-order valence-electron chi connectivity index (χ1n) is 7.61. The summed E-state index contributed by atoms with van der Waals surface area (Å²) in [6, 6.07) is 14.5. The van der Waals surface area contributed by atoms with Crippen molar-refractivity contribution in [2.75, 3.05) is 6.61 Å². The van der Waals surface area contributed by atoms with Gasteiger partial charge in [0.1, 0.15) is 11.4 Å². The molecule has 1 atom stereocenters. The number of nitrogens with one attached hydrogen (secondary N) is 2. The van der Waals surface area contributed by atoms with Crippen molar-refractivity contribution in [3.8, 4) is 5.75 Å². The minimum absolute atomic E-state index is 0.00966. The van der Waals surface area contributed by atoms with Crippen LogP contribution in [-0.4, -0.2) is 29.2 Å². The summed E-state index contributed by atoms with van der Waals surface area (Å²) in [5, 5.41) is 12.6. The number of carbonyl (C=O) groups excluding carboxylic acids is 1. The highest BCUT2D eigenvalue weighted by Gasteiger charge is 2.18. The first-order valence-corrected chi connectivity index (χ1v) is 7.61. The third kappa shape index (κ3) is 3.77.